The lowest BCUT2D eigenvalue weighted by molar-refractivity contribution is -0.0576. The van der Waals surface area contributed by atoms with Crippen molar-refractivity contribution in [2.45, 2.75) is 229 Å². The predicted molar refractivity (Wildman–Crippen MR) is 520 cm³/mol. The van der Waals surface area contributed by atoms with Gasteiger partial charge < -0.3 is 128 Å². The molecular formula is C72H97N18O39P7S7. The Morgan fingerprint density at radius 1 is 0.364 bits per heavy atom. The molecule has 7 saturated heterocycles. The van der Waals surface area contributed by atoms with Crippen LogP contribution in [0.1, 0.15) is 135 Å². The second kappa shape index (κ2) is 44.8. The number of aromatic nitrogens is 16. The molecule has 57 nitrogen and oxygen atoms in total. The minimum Gasteiger partial charge on any atom is -0.383 e. The van der Waals surface area contributed by atoms with Gasteiger partial charge in [-0.2, -0.15) is 4.98 Å². The van der Waals surface area contributed by atoms with Crippen LogP contribution < -0.4 is 73.4 Å². The highest BCUT2D eigenvalue weighted by atomic mass is 32.7. The molecule has 0 bridgehead atoms. The maximum atomic E-state index is 14.9. The normalized spacial score (nSPS) is 29.7. The molecule has 8 aromatic heterocycles. The van der Waals surface area contributed by atoms with Gasteiger partial charge in [0, 0.05) is 123 Å². The number of hydrogen-bond acceptors (Lipinski definition) is 45. The summed E-state index contributed by atoms with van der Waals surface area (Å²) >= 11 is 37.4. The van der Waals surface area contributed by atoms with E-state index in [2.05, 4.69) is 57.1 Å². The van der Waals surface area contributed by atoms with E-state index < -0.39 is 291 Å². The average molecular weight is 2280 g/mol. The van der Waals surface area contributed by atoms with Crippen molar-refractivity contribution in [3.05, 3.63) is 198 Å². The number of hydrogen-bond donors (Lipinski definition) is 14. The van der Waals surface area contributed by atoms with Crippen LogP contribution in [0, 0.1) is 41.5 Å². The molecule has 14 unspecified atom stereocenters. The minimum atomic E-state index is -4.80. The molecule has 71 heteroatoms. The fourth-order valence-corrected chi connectivity index (χ4v) is 26.3. The Bertz CT molecular complexity index is 7250. The molecule has 7 fully saturated rings. The molecule has 786 valence electrons. The van der Waals surface area contributed by atoms with E-state index in [4.69, 9.17) is 179 Å². The summed E-state index contributed by atoms with van der Waals surface area (Å²) in [4.78, 5) is 241. The number of H-pyrrole nitrogens is 5. The highest BCUT2D eigenvalue weighted by Crippen LogP contribution is 2.60. The lowest BCUT2D eigenvalue weighted by atomic mass is 10.1. The first-order valence-electron chi connectivity index (χ1n) is 43.1. The lowest BCUT2D eigenvalue weighted by Crippen LogP contribution is -2.33. The zero-order chi connectivity index (χ0) is 104. The van der Waals surface area contributed by atoms with Gasteiger partial charge in [-0.15, -0.1) is 0 Å². The Balaban J connectivity index is 0.635. The predicted octanol–water partition coefficient (Wildman–Crippen LogP) is 1.05. The van der Waals surface area contributed by atoms with E-state index in [0.717, 1.165) is 48.7 Å². The van der Waals surface area contributed by atoms with Gasteiger partial charge in [0.2, 0.25) is 0 Å². The Morgan fingerprint density at radius 2 is 0.615 bits per heavy atom. The van der Waals surface area contributed by atoms with Gasteiger partial charge in [-0.3, -0.25) is 89.9 Å². The van der Waals surface area contributed by atoms with E-state index in [1.165, 1.54) is 74.9 Å². The molecule has 15 N–H and O–H groups in total. The maximum Gasteiger partial charge on any atom is 0.386 e. The largest absolute Gasteiger partial charge is 0.386 e. The van der Waals surface area contributed by atoms with Gasteiger partial charge in [0.05, 0.1) is 88.7 Å². The van der Waals surface area contributed by atoms with Crippen molar-refractivity contribution in [1.82, 2.24) is 76.8 Å². The molecule has 7 aliphatic rings. The van der Waals surface area contributed by atoms with E-state index in [9.17, 15) is 86.7 Å². The molecule has 8 aromatic rings. The van der Waals surface area contributed by atoms with Crippen molar-refractivity contribution in [2.75, 3.05) is 58.2 Å². The van der Waals surface area contributed by atoms with Crippen LogP contribution in [0.3, 0.4) is 0 Å². The lowest BCUT2D eigenvalue weighted by Gasteiger charge is -2.28. The van der Waals surface area contributed by atoms with Crippen LogP contribution >= 0.6 is 59.4 Å². The van der Waals surface area contributed by atoms with E-state index in [0.29, 0.717) is 12.0 Å². The molecule has 0 amide bonds. The van der Waals surface area contributed by atoms with Crippen LogP contribution in [0.15, 0.2) is 103 Å². The Hall–Kier alpha value is -6.17. The Labute approximate surface area is 839 Å². The fraction of sp³-hybridized carbons (Fsp3) is 0.597. The van der Waals surface area contributed by atoms with Crippen molar-refractivity contribution >= 4 is 153 Å². The average Bonchev–Trinajstić information content (AvgIpc) is 1.63. The van der Waals surface area contributed by atoms with Crippen molar-refractivity contribution in [3.8, 4) is 0 Å². The summed E-state index contributed by atoms with van der Waals surface area (Å²) in [6, 6.07) is 0. The number of nitrogens with two attached hydrogens (primary N) is 2. The summed E-state index contributed by atoms with van der Waals surface area (Å²) in [5.74, 6) is -0.113. The van der Waals surface area contributed by atoms with Gasteiger partial charge in [0.1, 0.15) is 104 Å². The molecule has 0 aromatic carbocycles. The molecule has 0 saturated carbocycles. The molecule has 0 spiro atoms. The first kappa shape index (κ1) is 111. The first-order chi connectivity index (χ1) is 67.1. The quantitative estimate of drug-likeness (QED) is 0.0188. The van der Waals surface area contributed by atoms with E-state index in [1.807, 2.05) is 0 Å². The number of imidazole rings is 1. The van der Waals surface area contributed by atoms with Gasteiger partial charge in [0.25, 0.3) is 27.8 Å². The summed E-state index contributed by atoms with van der Waals surface area (Å²) in [6.07, 6.45) is -19.7. The zero-order valence-corrected chi connectivity index (χ0v) is 88.0. The molecule has 15 heterocycles. The number of anilines is 2. The smallest absolute Gasteiger partial charge is 0.383 e. The summed E-state index contributed by atoms with van der Waals surface area (Å²) in [7, 11) is 1.08. The van der Waals surface area contributed by atoms with E-state index >= 15 is 0 Å². The number of thiol groups is 1. The van der Waals surface area contributed by atoms with Crippen LogP contribution in [-0.2, 0) is 172 Å². The molecule has 28 atom stereocenters. The number of nitrogens with zero attached hydrogens (tertiary/aromatic N) is 11. The third kappa shape index (κ3) is 26.9. The third-order valence-electron chi connectivity index (χ3n) is 23.7. The number of ether oxygens (including phenoxy) is 7. The van der Waals surface area contributed by atoms with Crippen LogP contribution in [0.4, 0.5) is 11.6 Å². The number of fused-ring (bicyclic) bond motifs is 1. The molecule has 15 rings (SSSR count). The van der Waals surface area contributed by atoms with Crippen LogP contribution in [0.2, 0.25) is 0 Å². The van der Waals surface area contributed by atoms with Gasteiger partial charge in [0.15, 0.2) is 11.5 Å². The topological polar surface area (TPSA) is 737 Å². The van der Waals surface area contributed by atoms with Gasteiger partial charge in [-0.1, -0.05) is 19.2 Å². The van der Waals surface area contributed by atoms with Crippen LogP contribution in [-0.4, -0.2) is 238 Å². The number of aryl methyl sites for hydroxylation is 6. The fourth-order valence-electron chi connectivity index (χ4n) is 16.4. The van der Waals surface area contributed by atoms with E-state index in [1.54, 1.807) is 13.8 Å². The molecular weight excluding hydrogens is 2180 g/mol. The van der Waals surface area contributed by atoms with Crippen molar-refractivity contribution < 1.29 is 130 Å². The van der Waals surface area contributed by atoms with Gasteiger partial charge >= 0.3 is 81.2 Å². The summed E-state index contributed by atoms with van der Waals surface area (Å²) < 4.78 is 149. The van der Waals surface area contributed by atoms with E-state index in [-0.39, 0.29) is 82.7 Å². The third-order valence-corrected chi connectivity index (χ3v) is 34.9. The minimum absolute atomic E-state index is 0.0217. The summed E-state index contributed by atoms with van der Waals surface area (Å²) in [5.41, 5.74) is 4.23. The Morgan fingerprint density at radius 3 is 0.909 bits per heavy atom. The monoisotopic (exact) mass is 2280 g/mol. The van der Waals surface area contributed by atoms with Crippen LogP contribution in [0.5, 0.6) is 0 Å². The van der Waals surface area contributed by atoms with Crippen LogP contribution in [0.25, 0.3) is 11.2 Å². The highest BCUT2D eigenvalue weighted by Gasteiger charge is 2.52. The number of rotatable bonds is 41. The van der Waals surface area contributed by atoms with Crippen molar-refractivity contribution in [1.29, 1.82) is 0 Å². The molecule has 143 heavy (non-hydrogen) atoms. The molecule has 0 aliphatic carbocycles. The van der Waals surface area contributed by atoms with Crippen molar-refractivity contribution in [2.24, 2.45) is 0 Å². The highest BCUT2D eigenvalue weighted by molar-refractivity contribution is 8.44. The summed E-state index contributed by atoms with van der Waals surface area (Å²) in [5, 5.41) is 0. The molecule has 7 aliphatic heterocycles. The van der Waals surface area contributed by atoms with Crippen molar-refractivity contribution in [3.63, 3.8) is 0 Å². The molecule has 0 radical (unpaired) electrons. The Kier molecular flexibility index (Phi) is 34.7. The second-order valence-electron chi connectivity index (χ2n) is 33.7. The van der Waals surface area contributed by atoms with Gasteiger partial charge in [-0.05, 0) is 119 Å². The summed E-state index contributed by atoms with van der Waals surface area (Å²) in [6.45, 7) is -26.3. The zero-order valence-electron chi connectivity index (χ0n) is 75.9. The first-order valence-corrected chi connectivity index (χ1v) is 61.3. The van der Waals surface area contributed by atoms with Gasteiger partial charge in [-0.25, -0.2) is 48.3 Å². The standard InChI is InChI=1S/C72H97N18O39P7S7/c1-9-37-38(10-51(116-37)85-18-32(3)62(91)79-68(85)97)124-131(103,138)110-24-46-40(12-52(118-46)84-17-31(2)59(73)78-67(84)96)125-135(107,142)115-28-50-44(16-57(122-50)90-30-77-58-60(74)75-29-76-61(58)90)129-136(108,143)114-27-49-43(15-56(121-49)89-22-36(7)66(95)83-72(89)101)128-134(106,141)113-26-48-42(14-55(120-48)88-21-35(6)65(94)82-71(88)100)127-133(105,140)112-25-47-41(13-54(119-47)87-20-34(5)64(93)81-70(87)99)126-132(104,139)111-23-45-39(123-130(102,137)109-8)11-53(117-45)86-19-33(4)63(92)80-69(86)98/h17-22,29-30,37-57H,9-16,23-28H2,1-8H3,(H,102,137)(H,103,138)(H,104,139)(H,105,140)(H,106,141)(H,107,142)(H,108,143)(H2,73,78,96)(H2,74,75,76)(H,79,91,97)(H,80,92,98)(H,81,93,99)(H,82,94,100)(H,83,95,101)/t37-,38?,39?,40?,41?,42?,43?,44?,45-,46-,47-,48-,49-,50-,51-,52-,53-,54-,55-,56-,57-,130?,131?,132?,133?,134?,135?,136?/m1/s1. The SMILES string of the molecule is CC[C@H]1O[C@@H](n2cc(C)c(=O)[nH]c2=O)CC1OP(O)(=S)OC[C@H]1O[C@@H](n2cc(C)c(N)nc2=O)CC1OP(=O)(S)OC[C@H]1O[C@@H](n2cnc3c(N)ncnc32)CC1OP(O)(=S)OC[C@H]1O[C@@H](n2cc(C)c(=O)[nH]c2=O)CC1OP(O)(=S)OC[C@H]1O[C@@H](n2cc(C)c(=O)[nH]c2=O)CC1OP(O)(=S)OC[C@H]1O[C@@H](n2cc(C)c(=O)[nH]c2=O)CC1OP(O)(=S)OC[C@H]1O[C@@H](n2cc(C)c(=O)[nH]c2=O)CC1OP(O)(=S)OC. The number of aromatic amines is 5. The number of nitrogens with one attached hydrogen (secondary N) is 5. The second-order valence-corrected chi connectivity index (χ2v) is 53.4. The number of nitrogen functional groups attached to an aromatic ring is 2. The maximum absolute atomic E-state index is 14.9.